The lowest BCUT2D eigenvalue weighted by atomic mass is 9.97. The van der Waals surface area contributed by atoms with E-state index in [1.54, 1.807) is 12.4 Å². The summed E-state index contributed by atoms with van der Waals surface area (Å²) in [6, 6.07) is 7.95. The van der Waals surface area contributed by atoms with Crippen molar-refractivity contribution in [3.05, 3.63) is 42.9 Å². The fourth-order valence-corrected chi connectivity index (χ4v) is 4.12. The molecule has 9 heteroatoms. The molecule has 170 valence electrons. The van der Waals surface area contributed by atoms with E-state index in [4.69, 9.17) is 4.74 Å². The maximum atomic E-state index is 12.5. The summed E-state index contributed by atoms with van der Waals surface area (Å²) in [6.45, 7) is 5.45. The molecule has 0 bridgehead atoms. The Labute approximate surface area is 188 Å². The highest BCUT2D eigenvalue weighted by molar-refractivity contribution is 5.92. The molecule has 2 aliphatic heterocycles. The predicted molar refractivity (Wildman–Crippen MR) is 123 cm³/mol. The Morgan fingerprint density at radius 2 is 1.88 bits per heavy atom. The Kier molecular flexibility index (Phi) is 7.63. The van der Waals surface area contributed by atoms with Crippen molar-refractivity contribution in [3.63, 3.8) is 0 Å². The molecule has 2 fully saturated rings. The Morgan fingerprint density at radius 3 is 2.62 bits per heavy atom. The average molecular weight is 439 g/mol. The zero-order valence-corrected chi connectivity index (χ0v) is 18.2. The van der Waals surface area contributed by atoms with Gasteiger partial charge in [-0.1, -0.05) is 0 Å². The van der Waals surface area contributed by atoms with Gasteiger partial charge in [0.2, 0.25) is 11.8 Å². The van der Waals surface area contributed by atoms with Gasteiger partial charge in [-0.15, -0.1) is 0 Å². The van der Waals surface area contributed by atoms with Crippen LogP contribution in [0.5, 0.6) is 0 Å². The Bertz CT molecular complexity index is 886. The maximum Gasteiger partial charge on any atom is 0.229 e. The monoisotopic (exact) mass is 438 g/mol. The van der Waals surface area contributed by atoms with Crippen LogP contribution in [0.3, 0.4) is 0 Å². The van der Waals surface area contributed by atoms with Crippen LogP contribution in [0.1, 0.15) is 19.3 Å². The molecule has 1 aromatic heterocycles. The number of anilines is 3. The van der Waals surface area contributed by atoms with Crippen LogP contribution in [0.25, 0.3) is 0 Å². The molecule has 2 amide bonds. The molecule has 3 heterocycles. The van der Waals surface area contributed by atoms with E-state index in [0.29, 0.717) is 25.3 Å². The van der Waals surface area contributed by atoms with Crippen LogP contribution in [0, 0.1) is 5.92 Å². The molecule has 1 aromatic carbocycles. The summed E-state index contributed by atoms with van der Waals surface area (Å²) in [4.78, 5) is 37.5. The number of amides is 2. The number of hydrogen-bond donors (Lipinski definition) is 2. The molecule has 0 saturated carbocycles. The van der Waals surface area contributed by atoms with E-state index >= 15 is 0 Å². The number of carbonyl (C=O) groups is 2. The number of nitrogens with one attached hydrogen (secondary N) is 2. The second-order valence-corrected chi connectivity index (χ2v) is 8.16. The molecule has 2 aromatic rings. The Hall–Kier alpha value is -3.04. The Balaban J connectivity index is 1.21. The van der Waals surface area contributed by atoms with E-state index in [1.165, 1.54) is 6.20 Å². The predicted octanol–water partition coefficient (Wildman–Crippen LogP) is 1.99. The van der Waals surface area contributed by atoms with E-state index in [9.17, 15) is 9.59 Å². The summed E-state index contributed by atoms with van der Waals surface area (Å²) in [5.41, 5.74) is 1.94. The number of carbonyl (C=O) groups excluding carboxylic acids is 2. The van der Waals surface area contributed by atoms with Crippen molar-refractivity contribution >= 4 is 29.0 Å². The van der Waals surface area contributed by atoms with Crippen LogP contribution >= 0.6 is 0 Å². The third-order valence-corrected chi connectivity index (χ3v) is 5.87. The minimum Gasteiger partial charge on any atom is -0.378 e. The third-order valence-electron chi connectivity index (χ3n) is 5.87. The number of morpholine rings is 1. The van der Waals surface area contributed by atoms with Gasteiger partial charge < -0.3 is 25.2 Å². The number of hydrogen-bond acceptors (Lipinski definition) is 7. The Morgan fingerprint density at radius 1 is 1.06 bits per heavy atom. The maximum absolute atomic E-state index is 12.5. The highest BCUT2D eigenvalue weighted by atomic mass is 16.5. The molecule has 4 rings (SSSR count). The molecule has 1 atom stereocenters. The molecule has 0 radical (unpaired) electrons. The van der Waals surface area contributed by atoms with Crippen molar-refractivity contribution in [1.29, 1.82) is 0 Å². The second kappa shape index (κ2) is 11.0. The zero-order chi connectivity index (χ0) is 22.2. The van der Waals surface area contributed by atoms with Crippen molar-refractivity contribution in [2.24, 2.45) is 5.92 Å². The molecule has 1 unspecified atom stereocenters. The summed E-state index contributed by atoms with van der Waals surface area (Å²) in [5.74, 6) is 0.297. The normalized spacial score (nSPS) is 19.4. The number of likely N-dealkylation sites (tertiary alicyclic amines) is 1. The number of nitrogens with zero attached hydrogens (tertiary/aromatic N) is 4. The smallest absolute Gasteiger partial charge is 0.229 e. The van der Waals surface area contributed by atoms with Gasteiger partial charge in [-0.2, -0.15) is 0 Å². The van der Waals surface area contributed by atoms with Gasteiger partial charge in [-0.3, -0.25) is 14.6 Å². The first-order valence-corrected chi connectivity index (χ1v) is 11.2. The SMILES string of the molecule is O=C(CCN1CCCC(C(=O)Nc2cnccn2)C1)Nc1ccc(N2CCOCC2)cc1. The molecule has 0 spiro atoms. The van der Waals surface area contributed by atoms with Gasteiger partial charge in [0.15, 0.2) is 5.82 Å². The summed E-state index contributed by atoms with van der Waals surface area (Å²) in [5, 5.41) is 5.80. The lowest BCUT2D eigenvalue weighted by Crippen LogP contribution is -2.41. The van der Waals surface area contributed by atoms with Gasteiger partial charge in [0.05, 0.1) is 25.3 Å². The minimum atomic E-state index is -0.110. The van der Waals surface area contributed by atoms with Gasteiger partial charge in [0, 0.05) is 56.4 Å². The standard InChI is InChI=1S/C23H30N6O3/c30-22(26-19-3-5-20(6-4-19)29-12-14-32-15-13-29)7-11-28-10-1-2-18(17-28)23(31)27-21-16-24-8-9-25-21/h3-6,8-9,16,18H,1-2,7,10-15,17H2,(H,26,30)(H,25,27,31). The summed E-state index contributed by atoms with van der Waals surface area (Å²) >= 11 is 0. The lowest BCUT2D eigenvalue weighted by Gasteiger charge is -2.31. The number of benzene rings is 1. The van der Waals surface area contributed by atoms with Gasteiger partial charge in [-0.05, 0) is 43.7 Å². The fraction of sp³-hybridized carbons (Fsp3) is 0.478. The highest BCUT2D eigenvalue weighted by Gasteiger charge is 2.26. The fourth-order valence-electron chi connectivity index (χ4n) is 4.12. The second-order valence-electron chi connectivity index (χ2n) is 8.16. The van der Waals surface area contributed by atoms with E-state index in [2.05, 4.69) is 30.4 Å². The van der Waals surface area contributed by atoms with Crippen molar-refractivity contribution in [2.45, 2.75) is 19.3 Å². The van der Waals surface area contributed by atoms with Gasteiger partial charge >= 0.3 is 0 Å². The van der Waals surface area contributed by atoms with E-state index in [0.717, 1.165) is 57.1 Å². The molecule has 32 heavy (non-hydrogen) atoms. The minimum absolute atomic E-state index is 0.0183. The average Bonchev–Trinajstić information content (AvgIpc) is 2.84. The van der Waals surface area contributed by atoms with Crippen LogP contribution in [-0.2, 0) is 14.3 Å². The first-order valence-electron chi connectivity index (χ1n) is 11.2. The molecule has 9 nitrogen and oxygen atoms in total. The van der Waals surface area contributed by atoms with Crippen LogP contribution < -0.4 is 15.5 Å². The summed E-state index contributed by atoms with van der Waals surface area (Å²) in [6.07, 6.45) is 6.83. The van der Waals surface area contributed by atoms with Crippen molar-refractivity contribution in [3.8, 4) is 0 Å². The summed E-state index contributed by atoms with van der Waals surface area (Å²) in [7, 11) is 0. The lowest BCUT2D eigenvalue weighted by molar-refractivity contribution is -0.121. The van der Waals surface area contributed by atoms with Gasteiger partial charge in [0.25, 0.3) is 0 Å². The highest BCUT2D eigenvalue weighted by Crippen LogP contribution is 2.20. The quantitative estimate of drug-likeness (QED) is 0.682. The van der Waals surface area contributed by atoms with E-state index in [1.807, 2.05) is 24.3 Å². The van der Waals surface area contributed by atoms with Crippen molar-refractivity contribution in [2.75, 3.05) is 61.5 Å². The van der Waals surface area contributed by atoms with Crippen LogP contribution in [-0.4, -0.2) is 72.6 Å². The molecule has 2 aliphatic rings. The molecule has 2 saturated heterocycles. The number of piperidine rings is 1. The topological polar surface area (TPSA) is 99.7 Å². The van der Waals surface area contributed by atoms with E-state index in [-0.39, 0.29) is 17.7 Å². The largest absolute Gasteiger partial charge is 0.378 e. The van der Waals surface area contributed by atoms with Gasteiger partial charge in [0.1, 0.15) is 0 Å². The summed E-state index contributed by atoms with van der Waals surface area (Å²) < 4.78 is 5.39. The molecule has 2 N–H and O–H groups in total. The van der Waals surface area contributed by atoms with Crippen LogP contribution in [0.15, 0.2) is 42.9 Å². The zero-order valence-electron chi connectivity index (χ0n) is 18.2. The van der Waals surface area contributed by atoms with Crippen molar-refractivity contribution < 1.29 is 14.3 Å². The molecule has 0 aliphatic carbocycles. The van der Waals surface area contributed by atoms with E-state index < -0.39 is 0 Å². The number of ether oxygens (including phenoxy) is 1. The third kappa shape index (κ3) is 6.24. The number of aromatic nitrogens is 2. The molecular weight excluding hydrogens is 408 g/mol. The first-order chi connectivity index (χ1) is 15.7. The van der Waals surface area contributed by atoms with Crippen LogP contribution in [0.2, 0.25) is 0 Å². The molecular formula is C23H30N6O3. The van der Waals surface area contributed by atoms with Crippen LogP contribution in [0.4, 0.5) is 17.2 Å². The number of rotatable bonds is 7. The van der Waals surface area contributed by atoms with Crippen molar-refractivity contribution in [1.82, 2.24) is 14.9 Å². The first kappa shape index (κ1) is 22.2. The van der Waals surface area contributed by atoms with Gasteiger partial charge in [-0.25, -0.2) is 4.98 Å².